The summed E-state index contributed by atoms with van der Waals surface area (Å²) in [7, 11) is -2.11. The first kappa shape index (κ1) is 22.6. The lowest BCUT2D eigenvalue weighted by atomic mass is 9.99. The molecule has 1 aliphatic heterocycles. The van der Waals surface area contributed by atoms with Crippen LogP contribution >= 0.6 is 27.7 Å². The van der Waals surface area contributed by atoms with Gasteiger partial charge < -0.3 is 4.90 Å². The first-order chi connectivity index (χ1) is 15.3. The van der Waals surface area contributed by atoms with E-state index in [1.807, 2.05) is 67.4 Å². The summed E-state index contributed by atoms with van der Waals surface area (Å²) >= 11 is 4.98. The van der Waals surface area contributed by atoms with Crippen LogP contribution in [0.3, 0.4) is 0 Å². The van der Waals surface area contributed by atoms with Gasteiger partial charge in [0.15, 0.2) is 0 Å². The Labute approximate surface area is 201 Å². The molecular formula is C25H21BrN2O2S2. The average Bonchev–Trinajstić information content (AvgIpc) is 2.99. The van der Waals surface area contributed by atoms with Gasteiger partial charge in [0.25, 0.3) is 10.0 Å². The number of hydrogen-bond acceptors (Lipinski definition) is 3. The molecule has 0 radical (unpaired) electrons. The average molecular weight is 525 g/mol. The quantitative estimate of drug-likeness (QED) is 0.366. The van der Waals surface area contributed by atoms with Crippen LogP contribution in [0.5, 0.6) is 0 Å². The maximum Gasteiger partial charge on any atom is 0.284 e. The van der Waals surface area contributed by atoms with E-state index in [4.69, 9.17) is 0 Å². The predicted octanol–water partition coefficient (Wildman–Crippen LogP) is 6.32. The van der Waals surface area contributed by atoms with Crippen molar-refractivity contribution in [1.82, 2.24) is 0 Å². The van der Waals surface area contributed by atoms with E-state index in [-0.39, 0.29) is 4.90 Å². The molecule has 3 aromatic carbocycles. The highest BCUT2D eigenvalue weighted by Gasteiger charge is 2.48. The summed E-state index contributed by atoms with van der Waals surface area (Å²) in [4.78, 5) is 2.95. The van der Waals surface area contributed by atoms with Crippen LogP contribution in [0.4, 0.5) is 5.69 Å². The number of likely N-dealkylation sites (N-methyl/N-ethyl adjacent to an activating group) is 1. The van der Waals surface area contributed by atoms with Crippen LogP contribution in [0.2, 0.25) is 0 Å². The molecule has 0 amide bonds. The van der Waals surface area contributed by atoms with Gasteiger partial charge in [0.2, 0.25) is 0 Å². The van der Waals surface area contributed by atoms with Crippen molar-refractivity contribution in [3.63, 3.8) is 0 Å². The van der Waals surface area contributed by atoms with E-state index >= 15 is 0 Å². The van der Waals surface area contributed by atoms with Crippen LogP contribution in [0.1, 0.15) is 11.1 Å². The number of thioether (sulfide) groups is 1. The number of sulfonamides is 1. The first-order valence-corrected chi connectivity index (χ1v) is 12.9. The number of amidine groups is 1. The molecule has 4 rings (SSSR count). The zero-order valence-corrected chi connectivity index (χ0v) is 20.8. The summed E-state index contributed by atoms with van der Waals surface area (Å²) in [5.74, 6) is 0.392. The van der Waals surface area contributed by atoms with E-state index < -0.39 is 14.8 Å². The van der Waals surface area contributed by atoms with E-state index in [1.165, 1.54) is 11.8 Å². The summed E-state index contributed by atoms with van der Waals surface area (Å²) in [6.45, 7) is 5.71. The molecule has 1 aliphatic rings. The normalized spacial score (nSPS) is 19.0. The number of para-hydroxylation sites is 1. The molecule has 0 aliphatic carbocycles. The Morgan fingerprint density at radius 2 is 1.72 bits per heavy atom. The Hall–Kier alpha value is -2.57. The lowest BCUT2D eigenvalue weighted by Crippen LogP contribution is -2.35. The van der Waals surface area contributed by atoms with Crippen molar-refractivity contribution in [1.29, 1.82) is 0 Å². The Kier molecular flexibility index (Phi) is 6.19. The van der Waals surface area contributed by atoms with Gasteiger partial charge in [-0.15, -0.1) is 21.9 Å². The number of benzene rings is 3. The molecule has 0 saturated carbocycles. The summed E-state index contributed by atoms with van der Waals surface area (Å²) in [6.07, 6.45) is 1.80. The molecule has 162 valence electrons. The minimum atomic E-state index is -3.94. The molecule has 0 aromatic heterocycles. The summed E-state index contributed by atoms with van der Waals surface area (Å²) in [6, 6.07) is 22.4. The van der Waals surface area contributed by atoms with Crippen molar-refractivity contribution >= 4 is 49.2 Å². The van der Waals surface area contributed by atoms with Crippen molar-refractivity contribution in [3.05, 3.63) is 107 Å². The monoisotopic (exact) mass is 524 g/mol. The van der Waals surface area contributed by atoms with Crippen molar-refractivity contribution in [2.24, 2.45) is 4.40 Å². The largest absolute Gasteiger partial charge is 0.330 e. The SMILES string of the molecule is C=C=C[C@@]1(Sc2ccc(Br)cc2)/C(=N\S(=O)(=O)c2ccc(C)cc2)N(C)c2ccccc21. The fourth-order valence-corrected chi connectivity index (χ4v) is 6.42. The van der Waals surface area contributed by atoms with Gasteiger partial charge >= 0.3 is 0 Å². The minimum Gasteiger partial charge on any atom is -0.330 e. The molecule has 0 bridgehead atoms. The molecule has 0 N–H and O–H groups in total. The van der Waals surface area contributed by atoms with Crippen LogP contribution in [0, 0.1) is 6.92 Å². The second-order valence-corrected chi connectivity index (χ2v) is 11.3. The summed E-state index contributed by atoms with van der Waals surface area (Å²) in [5, 5.41) is 0. The molecule has 7 heteroatoms. The maximum atomic E-state index is 13.3. The molecule has 1 heterocycles. The fourth-order valence-electron chi connectivity index (χ4n) is 3.67. The van der Waals surface area contributed by atoms with Crippen molar-refractivity contribution in [3.8, 4) is 0 Å². The second-order valence-electron chi connectivity index (χ2n) is 7.42. The number of halogens is 1. The Bertz CT molecular complexity index is 1340. The molecule has 0 saturated heterocycles. The van der Waals surface area contributed by atoms with Crippen molar-refractivity contribution in [2.75, 3.05) is 11.9 Å². The Balaban J connectivity index is 1.94. The van der Waals surface area contributed by atoms with Crippen LogP contribution in [-0.2, 0) is 14.8 Å². The van der Waals surface area contributed by atoms with Crippen molar-refractivity contribution < 1.29 is 8.42 Å². The highest BCUT2D eigenvalue weighted by atomic mass is 79.9. The lowest BCUT2D eigenvalue weighted by molar-refractivity contribution is 0.597. The highest BCUT2D eigenvalue weighted by Crippen LogP contribution is 2.52. The third kappa shape index (κ3) is 4.09. The summed E-state index contributed by atoms with van der Waals surface area (Å²) in [5.41, 5.74) is 5.71. The van der Waals surface area contributed by atoms with Gasteiger partial charge in [0.05, 0.1) is 4.90 Å². The molecule has 32 heavy (non-hydrogen) atoms. The van der Waals surface area contributed by atoms with Gasteiger partial charge in [0, 0.05) is 27.7 Å². The first-order valence-electron chi connectivity index (χ1n) is 9.84. The minimum absolute atomic E-state index is 0.157. The third-order valence-corrected chi connectivity index (χ3v) is 8.40. The number of aryl methyl sites for hydroxylation is 1. The van der Waals surface area contributed by atoms with E-state index in [1.54, 1.807) is 30.3 Å². The van der Waals surface area contributed by atoms with Crippen LogP contribution < -0.4 is 4.90 Å². The Morgan fingerprint density at radius 3 is 2.38 bits per heavy atom. The number of anilines is 1. The molecule has 3 aromatic rings. The maximum absolute atomic E-state index is 13.3. The number of fused-ring (bicyclic) bond motifs is 1. The molecular weight excluding hydrogens is 504 g/mol. The van der Waals surface area contributed by atoms with Gasteiger partial charge in [-0.25, -0.2) is 0 Å². The highest BCUT2D eigenvalue weighted by molar-refractivity contribution is 9.10. The number of rotatable bonds is 5. The van der Waals surface area contributed by atoms with Gasteiger partial charge in [-0.2, -0.15) is 8.42 Å². The second kappa shape index (κ2) is 8.75. The fraction of sp³-hybridized carbons (Fsp3) is 0.120. The smallest absolute Gasteiger partial charge is 0.284 e. The van der Waals surface area contributed by atoms with E-state index in [9.17, 15) is 8.42 Å². The van der Waals surface area contributed by atoms with Crippen molar-refractivity contribution in [2.45, 2.75) is 21.5 Å². The molecule has 0 fully saturated rings. The zero-order chi connectivity index (χ0) is 22.9. The molecule has 1 atom stereocenters. The number of nitrogens with zero attached hydrogens (tertiary/aromatic N) is 2. The molecule has 0 unspecified atom stereocenters. The van der Waals surface area contributed by atoms with Crippen LogP contribution in [0.15, 0.2) is 110 Å². The Morgan fingerprint density at radius 1 is 1.06 bits per heavy atom. The van der Waals surface area contributed by atoms with Crippen LogP contribution in [0.25, 0.3) is 0 Å². The predicted molar refractivity (Wildman–Crippen MR) is 136 cm³/mol. The van der Waals surface area contributed by atoms with Gasteiger partial charge in [-0.3, -0.25) is 0 Å². The topological polar surface area (TPSA) is 49.7 Å². The van der Waals surface area contributed by atoms with Gasteiger partial charge in [-0.05, 0) is 55.5 Å². The summed E-state index contributed by atoms with van der Waals surface area (Å²) < 4.78 is 31.0. The lowest BCUT2D eigenvalue weighted by Gasteiger charge is -2.27. The molecule has 0 spiro atoms. The standard InChI is InChI=1S/C25H21BrN2O2S2/c1-4-17-25(31-20-13-11-19(26)12-14-20)22-7-5-6-8-23(22)28(3)24(25)27-32(29,30)21-15-9-18(2)10-16-21/h5-17H,1H2,2-3H3/b27-24+/t25-/m0/s1. The third-order valence-electron chi connectivity index (χ3n) is 5.24. The van der Waals surface area contributed by atoms with E-state index in [0.717, 1.165) is 26.2 Å². The van der Waals surface area contributed by atoms with E-state index in [2.05, 4.69) is 32.6 Å². The van der Waals surface area contributed by atoms with Gasteiger partial charge in [-0.1, -0.05) is 58.4 Å². The number of hydrogen-bond donors (Lipinski definition) is 0. The zero-order valence-electron chi connectivity index (χ0n) is 17.6. The van der Waals surface area contributed by atoms with Gasteiger partial charge in [0.1, 0.15) is 10.6 Å². The van der Waals surface area contributed by atoms with E-state index in [0.29, 0.717) is 5.84 Å². The van der Waals surface area contributed by atoms with Crippen LogP contribution in [-0.4, -0.2) is 21.3 Å². The molecule has 4 nitrogen and oxygen atoms in total.